The van der Waals surface area contributed by atoms with Crippen LogP contribution in [0.2, 0.25) is 5.02 Å². The molecule has 10 nitrogen and oxygen atoms in total. The van der Waals surface area contributed by atoms with Gasteiger partial charge in [0.15, 0.2) is 5.82 Å². The molecular formula is C36H38ClF2N7O3. The Morgan fingerprint density at radius 1 is 1.14 bits per heavy atom. The zero-order chi connectivity index (χ0) is 33.5. The third-order valence-corrected chi connectivity index (χ3v) is 10.8. The summed E-state index contributed by atoms with van der Waals surface area (Å²) in [6.45, 7) is 5.50. The van der Waals surface area contributed by atoms with Crippen molar-refractivity contribution in [2.75, 3.05) is 57.8 Å². The fourth-order valence-corrected chi connectivity index (χ4v) is 8.29. The van der Waals surface area contributed by atoms with Crippen LogP contribution in [0.5, 0.6) is 6.01 Å². The van der Waals surface area contributed by atoms with Gasteiger partial charge < -0.3 is 20.1 Å². The van der Waals surface area contributed by atoms with E-state index in [0.717, 1.165) is 58.3 Å². The molecule has 4 aliphatic rings. The fraction of sp³-hybridized carbons (Fsp3) is 0.444. The largest absolute Gasteiger partial charge is 0.461 e. The summed E-state index contributed by atoms with van der Waals surface area (Å²) in [7, 11) is 0. The molecule has 13 heteroatoms. The molecule has 49 heavy (non-hydrogen) atoms. The lowest BCUT2D eigenvalue weighted by Gasteiger charge is -2.31. The number of anilines is 1. The lowest BCUT2D eigenvalue weighted by molar-refractivity contribution is -0.116. The number of halogens is 3. The minimum Gasteiger partial charge on any atom is -0.461 e. The van der Waals surface area contributed by atoms with Crippen LogP contribution < -0.4 is 15.4 Å². The van der Waals surface area contributed by atoms with Crippen molar-refractivity contribution in [3.05, 3.63) is 65.3 Å². The maximum atomic E-state index is 16.5. The minimum absolute atomic E-state index is 0.00843. The van der Waals surface area contributed by atoms with E-state index in [0.29, 0.717) is 65.9 Å². The van der Waals surface area contributed by atoms with E-state index in [1.54, 1.807) is 30.3 Å². The van der Waals surface area contributed by atoms with Crippen LogP contribution in [0.4, 0.5) is 14.6 Å². The molecule has 256 valence electrons. The van der Waals surface area contributed by atoms with Crippen LogP contribution in [0.1, 0.15) is 32.1 Å². The SMILES string of the molecule is O=C(/C=C/CN1C[C@H]2CC1CO2)NCCNc1nc(OCC23CCCN2CCC3)nc2c(F)c(-c3cccc4ccc(F)c(Cl)c34)ncc12. The number of ether oxygens (including phenoxy) is 2. The van der Waals surface area contributed by atoms with E-state index in [9.17, 15) is 9.18 Å². The number of nitrogens with one attached hydrogen (secondary N) is 2. The second-order valence-electron chi connectivity index (χ2n) is 13.4. The number of aromatic nitrogens is 3. The topological polar surface area (TPSA) is 105 Å². The maximum Gasteiger partial charge on any atom is 0.319 e. The number of pyridine rings is 1. The van der Waals surface area contributed by atoms with Crippen LogP contribution in [-0.4, -0.2) is 101 Å². The number of hydrogen-bond donors (Lipinski definition) is 2. The lowest BCUT2D eigenvalue weighted by atomic mass is 9.95. The summed E-state index contributed by atoms with van der Waals surface area (Å²) in [6.07, 6.45) is 10.6. The Bertz CT molecular complexity index is 1930. The number of benzene rings is 2. The van der Waals surface area contributed by atoms with Crippen LogP contribution >= 0.6 is 11.6 Å². The van der Waals surface area contributed by atoms with Gasteiger partial charge in [-0.05, 0) is 56.6 Å². The first kappa shape index (κ1) is 32.2. The summed E-state index contributed by atoms with van der Waals surface area (Å²) in [5.41, 5.74) is 0.301. The Labute approximate surface area is 287 Å². The number of fused-ring (bicyclic) bond motifs is 5. The van der Waals surface area contributed by atoms with E-state index in [4.69, 9.17) is 21.1 Å². The van der Waals surface area contributed by atoms with Gasteiger partial charge in [-0.15, -0.1) is 0 Å². The van der Waals surface area contributed by atoms with E-state index in [2.05, 4.69) is 35.4 Å². The van der Waals surface area contributed by atoms with Gasteiger partial charge in [0.1, 0.15) is 29.5 Å². The molecule has 2 atom stereocenters. The molecule has 0 spiro atoms. The van der Waals surface area contributed by atoms with Gasteiger partial charge in [0.25, 0.3) is 0 Å². The first-order valence-corrected chi connectivity index (χ1v) is 17.4. The van der Waals surface area contributed by atoms with E-state index < -0.39 is 11.6 Å². The van der Waals surface area contributed by atoms with Crippen molar-refractivity contribution in [1.29, 1.82) is 0 Å². The number of carbonyl (C=O) groups is 1. The molecule has 4 saturated heterocycles. The second kappa shape index (κ2) is 13.4. The quantitative estimate of drug-likeness (QED) is 0.160. The second-order valence-corrected chi connectivity index (χ2v) is 13.8. The minimum atomic E-state index is -0.696. The van der Waals surface area contributed by atoms with Gasteiger partial charge in [-0.1, -0.05) is 41.9 Å². The van der Waals surface area contributed by atoms with Crippen molar-refractivity contribution < 1.29 is 23.0 Å². The van der Waals surface area contributed by atoms with Crippen molar-refractivity contribution in [3.63, 3.8) is 0 Å². The Morgan fingerprint density at radius 2 is 2.00 bits per heavy atom. The Morgan fingerprint density at radius 3 is 2.80 bits per heavy atom. The third kappa shape index (κ3) is 6.20. The predicted molar refractivity (Wildman–Crippen MR) is 184 cm³/mol. The van der Waals surface area contributed by atoms with Gasteiger partial charge in [0.05, 0.1) is 28.7 Å². The molecule has 1 amide bonds. The highest BCUT2D eigenvalue weighted by Gasteiger charge is 2.45. The highest BCUT2D eigenvalue weighted by Crippen LogP contribution is 2.40. The normalized spacial score (nSPS) is 21.7. The van der Waals surface area contributed by atoms with Gasteiger partial charge in [0, 0.05) is 55.4 Å². The van der Waals surface area contributed by atoms with Crippen LogP contribution in [0.3, 0.4) is 0 Å². The van der Waals surface area contributed by atoms with Crippen molar-refractivity contribution in [2.45, 2.75) is 49.8 Å². The van der Waals surface area contributed by atoms with Crippen LogP contribution in [0, 0.1) is 11.6 Å². The number of likely N-dealkylation sites (tertiary alicyclic amines) is 1. The molecule has 1 unspecified atom stereocenters. The Balaban J connectivity index is 1.03. The molecule has 2 aromatic heterocycles. The van der Waals surface area contributed by atoms with Gasteiger partial charge >= 0.3 is 6.01 Å². The molecule has 8 rings (SSSR count). The zero-order valence-electron chi connectivity index (χ0n) is 27.1. The van der Waals surface area contributed by atoms with Gasteiger partial charge in [-0.2, -0.15) is 9.97 Å². The molecular weight excluding hydrogens is 652 g/mol. The number of amides is 1. The third-order valence-electron chi connectivity index (χ3n) is 10.5. The van der Waals surface area contributed by atoms with Crippen molar-refractivity contribution in [2.24, 2.45) is 0 Å². The first-order chi connectivity index (χ1) is 23.9. The summed E-state index contributed by atoms with van der Waals surface area (Å²) in [5.74, 6) is -1.16. The molecule has 2 N–H and O–H groups in total. The summed E-state index contributed by atoms with van der Waals surface area (Å²) in [6, 6.07) is 8.58. The van der Waals surface area contributed by atoms with Crippen molar-refractivity contribution in [1.82, 2.24) is 30.1 Å². The highest BCUT2D eigenvalue weighted by molar-refractivity contribution is 6.36. The van der Waals surface area contributed by atoms with Crippen molar-refractivity contribution >= 4 is 45.0 Å². The van der Waals surface area contributed by atoms with Gasteiger partial charge in [0.2, 0.25) is 5.91 Å². The average Bonchev–Trinajstić information content (AvgIpc) is 3.90. The molecule has 2 bridgehead atoms. The Kier molecular flexibility index (Phi) is 8.81. The monoisotopic (exact) mass is 689 g/mol. The molecule has 4 aromatic rings. The number of carbonyl (C=O) groups excluding carboxylic acids is 1. The average molecular weight is 690 g/mol. The molecule has 4 fully saturated rings. The molecule has 2 aromatic carbocycles. The van der Waals surface area contributed by atoms with E-state index in [1.165, 1.54) is 12.3 Å². The standard InChI is InChI=1S/C36H38ClF2N7O3/c37-30-27(38)9-8-22-5-1-6-25(29(22)30)32-31(39)33-26(18-42-32)34(44-35(43-33)49-21-36-10-3-15-46(36)16-4-11-36)41-13-12-40-28(47)7-2-14-45-19-24-17-23(45)20-48-24/h1-2,5-9,18,23-24H,3-4,10-17,19-21H2,(H,40,47)(H,41,43,44)/b7-2+/t23?,24-/m1/s1. The van der Waals surface area contributed by atoms with E-state index in [1.807, 2.05) is 6.08 Å². The summed E-state index contributed by atoms with van der Waals surface area (Å²) >= 11 is 6.39. The number of nitrogens with zero attached hydrogens (tertiary/aromatic N) is 5. The molecule has 6 heterocycles. The van der Waals surface area contributed by atoms with Gasteiger partial charge in [-0.25, -0.2) is 8.78 Å². The number of rotatable bonds is 11. The van der Waals surface area contributed by atoms with Crippen LogP contribution in [0.25, 0.3) is 32.9 Å². The Hall–Kier alpha value is -3.97. The highest BCUT2D eigenvalue weighted by atomic mass is 35.5. The lowest BCUT2D eigenvalue weighted by Crippen LogP contribution is -2.43. The number of morpholine rings is 1. The molecule has 0 saturated carbocycles. The summed E-state index contributed by atoms with van der Waals surface area (Å²) in [4.78, 5) is 31.0. The zero-order valence-corrected chi connectivity index (χ0v) is 27.8. The van der Waals surface area contributed by atoms with E-state index >= 15 is 4.39 Å². The van der Waals surface area contributed by atoms with E-state index in [-0.39, 0.29) is 33.7 Å². The molecule has 0 radical (unpaired) electrons. The fourth-order valence-electron chi connectivity index (χ4n) is 8.01. The predicted octanol–water partition coefficient (Wildman–Crippen LogP) is 5.34. The van der Waals surface area contributed by atoms with Crippen LogP contribution in [0.15, 0.2) is 48.7 Å². The van der Waals surface area contributed by atoms with Gasteiger partial charge in [-0.3, -0.25) is 19.6 Å². The van der Waals surface area contributed by atoms with Crippen LogP contribution in [-0.2, 0) is 9.53 Å². The smallest absolute Gasteiger partial charge is 0.319 e. The number of hydrogen-bond acceptors (Lipinski definition) is 9. The maximum absolute atomic E-state index is 16.5. The molecule has 0 aliphatic carbocycles. The molecule has 4 aliphatic heterocycles. The summed E-state index contributed by atoms with van der Waals surface area (Å²) < 4.78 is 43.0. The first-order valence-electron chi connectivity index (χ1n) is 17.0. The summed E-state index contributed by atoms with van der Waals surface area (Å²) in [5, 5.41) is 7.39. The van der Waals surface area contributed by atoms with Crippen molar-refractivity contribution in [3.8, 4) is 17.3 Å².